The molecule has 0 saturated carbocycles. The third kappa shape index (κ3) is 3.02. The highest BCUT2D eigenvalue weighted by molar-refractivity contribution is 5.95. The van der Waals surface area contributed by atoms with Gasteiger partial charge >= 0.3 is 5.97 Å². The van der Waals surface area contributed by atoms with E-state index in [4.69, 9.17) is 10.00 Å². The van der Waals surface area contributed by atoms with Crippen molar-refractivity contribution in [1.82, 2.24) is 14.6 Å². The number of hydrogen-bond donors (Lipinski definition) is 1. The van der Waals surface area contributed by atoms with Crippen LogP contribution in [0.25, 0.3) is 5.65 Å². The van der Waals surface area contributed by atoms with Gasteiger partial charge in [-0.05, 0) is 31.5 Å². The summed E-state index contributed by atoms with van der Waals surface area (Å²) in [5, 5.41) is 11.6. The summed E-state index contributed by atoms with van der Waals surface area (Å²) < 4.78 is 6.23. The van der Waals surface area contributed by atoms with Crippen LogP contribution < -0.4 is 5.56 Å². The van der Waals surface area contributed by atoms with E-state index < -0.39 is 5.97 Å². The van der Waals surface area contributed by atoms with Crippen LogP contribution in [0.2, 0.25) is 0 Å². The molecule has 0 spiro atoms. The van der Waals surface area contributed by atoms with Crippen LogP contribution in [0.5, 0.6) is 0 Å². The van der Waals surface area contributed by atoms with E-state index >= 15 is 0 Å². The largest absolute Gasteiger partial charge is 0.462 e. The second-order valence-electron chi connectivity index (χ2n) is 5.53. The van der Waals surface area contributed by atoms with Crippen LogP contribution in [0.15, 0.2) is 35.3 Å². The molecule has 0 bridgehead atoms. The maximum atomic E-state index is 12.8. The van der Waals surface area contributed by atoms with Crippen molar-refractivity contribution in [3.8, 4) is 6.07 Å². The predicted octanol–water partition coefficient (Wildman–Crippen LogP) is 1.97. The molecule has 0 saturated heterocycles. The Bertz CT molecular complexity index is 1040. The standard InChI is InChI=1S/C18H16N4O3/c1-3-25-18(24)15-10-20-22-16(15)21-11(2)14(17(22)23)8-12-4-6-13(9-19)7-5-12/h4-7,10,20H,3,8H2,1-2H3. The van der Waals surface area contributed by atoms with Gasteiger partial charge in [-0.1, -0.05) is 12.1 Å². The minimum atomic E-state index is -0.521. The van der Waals surface area contributed by atoms with Gasteiger partial charge in [0.2, 0.25) is 0 Å². The molecule has 0 aliphatic rings. The first-order valence-corrected chi connectivity index (χ1v) is 7.81. The molecule has 25 heavy (non-hydrogen) atoms. The summed E-state index contributed by atoms with van der Waals surface area (Å²) in [5.74, 6) is -0.521. The van der Waals surface area contributed by atoms with Gasteiger partial charge in [0.25, 0.3) is 5.56 Å². The molecule has 0 fully saturated rings. The third-order valence-electron chi connectivity index (χ3n) is 3.92. The predicted molar refractivity (Wildman–Crippen MR) is 90.5 cm³/mol. The van der Waals surface area contributed by atoms with Crippen molar-refractivity contribution in [3.63, 3.8) is 0 Å². The summed E-state index contributed by atoms with van der Waals surface area (Å²) in [7, 11) is 0. The van der Waals surface area contributed by atoms with Gasteiger partial charge in [-0.25, -0.2) is 14.3 Å². The number of H-pyrrole nitrogens is 1. The number of rotatable bonds is 4. The van der Waals surface area contributed by atoms with Crippen LogP contribution in [0.1, 0.15) is 39.7 Å². The molecule has 7 heteroatoms. The maximum Gasteiger partial charge on any atom is 0.343 e. The van der Waals surface area contributed by atoms with Gasteiger partial charge in [-0.3, -0.25) is 9.89 Å². The fourth-order valence-corrected chi connectivity index (χ4v) is 2.62. The third-order valence-corrected chi connectivity index (χ3v) is 3.92. The van der Waals surface area contributed by atoms with Gasteiger partial charge in [0.15, 0.2) is 5.65 Å². The van der Waals surface area contributed by atoms with Gasteiger partial charge in [0.1, 0.15) is 5.56 Å². The maximum absolute atomic E-state index is 12.8. The number of hydrogen-bond acceptors (Lipinski definition) is 5. The number of esters is 1. The number of carbonyl (C=O) groups excluding carboxylic acids is 1. The number of nitrogens with one attached hydrogen (secondary N) is 1. The van der Waals surface area contributed by atoms with Gasteiger partial charge in [-0.15, -0.1) is 0 Å². The number of benzene rings is 1. The number of aryl methyl sites for hydroxylation is 1. The zero-order chi connectivity index (χ0) is 18.0. The van der Waals surface area contributed by atoms with E-state index in [1.165, 1.54) is 10.7 Å². The lowest BCUT2D eigenvalue weighted by molar-refractivity contribution is 0.0528. The lowest BCUT2D eigenvalue weighted by atomic mass is 10.0. The van der Waals surface area contributed by atoms with Crippen LogP contribution in [-0.4, -0.2) is 27.2 Å². The van der Waals surface area contributed by atoms with Crippen LogP contribution >= 0.6 is 0 Å². The highest BCUT2D eigenvalue weighted by Crippen LogP contribution is 2.14. The molecule has 0 amide bonds. The Kier molecular flexibility index (Phi) is 4.35. The lowest BCUT2D eigenvalue weighted by Gasteiger charge is -2.06. The molecule has 0 unspecified atom stereocenters. The minimum absolute atomic E-state index is 0.229. The van der Waals surface area contributed by atoms with Crippen molar-refractivity contribution in [2.24, 2.45) is 0 Å². The molecule has 7 nitrogen and oxygen atoms in total. The Labute approximate surface area is 143 Å². The number of aromatic amines is 1. The van der Waals surface area contributed by atoms with E-state index in [1.807, 2.05) is 12.1 Å². The number of ether oxygens (including phenoxy) is 1. The van der Waals surface area contributed by atoms with Crippen molar-refractivity contribution in [1.29, 1.82) is 5.26 Å². The molecule has 3 aromatic rings. The summed E-state index contributed by atoms with van der Waals surface area (Å²) in [5.41, 5.74) is 2.77. The fourth-order valence-electron chi connectivity index (χ4n) is 2.62. The van der Waals surface area contributed by atoms with Crippen molar-refractivity contribution in [2.75, 3.05) is 6.61 Å². The summed E-state index contributed by atoms with van der Waals surface area (Å²) in [6.07, 6.45) is 1.81. The van der Waals surface area contributed by atoms with E-state index in [2.05, 4.69) is 16.2 Å². The summed E-state index contributed by atoms with van der Waals surface area (Å²) in [6.45, 7) is 3.70. The molecule has 1 aromatic carbocycles. The monoisotopic (exact) mass is 336 g/mol. The minimum Gasteiger partial charge on any atom is -0.462 e. The smallest absolute Gasteiger partial charge is 0.343 e. The first-order valence-electron chi connectivity index (χ1n) is 7.81. The van der Waals surface area contributed by atoms with Gasteiger partial charge in [-0.2, -0.15) is 5.26 Å². The highest BCUT2D eigenvalue weighted by Gasteiger charge is 2.19. The molecule has 0 aliphatic heterocycles. The molecular formula is C18H16N4O3. The Balaban J connectivity index is 2.04. The van der Waals surface area contributed by atoms with E-state index in [0.29, 0.717) is 23.2 Å². The first kappa shape index (κ1) is 16.5. The molecule has 0 aliphatic carbocycles. The van der Waals surface area contributed by atoms with Crippen molar-refractivity contribution in [3.05, 3.63) is 68.8 Å². The SMILES string of the molecule is CCOC(=O)c1c[nH]n2c(=O)c(Cc3ccc(C#N)cc3)c(C)nc12. The number of nitriles is 1. The highest BCUT2D eigenvalue weighted by atomic mass is 16.5. The summed E-state index contributed by atoms with van der Waals surface area (Å²) >= 11 is 0. The fraction of sp³-hybridized carbons (Fsp3) is 0.222. The second kappa shape index (κ2) is 6.61. The quantitative estimate of drug-likeness (QED) is 0.734. The Hall–Kier alpha value is -3.40. The summed E-state index contributed by atoms with van der Waals surface area (Å²) in [4.78, 5) is 29.1. The van der Waals surface area contributed by atoms with Gasteiger partial charge < -0.3 is 4.74 Å². The number of nitrogens with zero attached hydrogens (tertiary/aromatic N) is 3. The lowest BCUT2D eigenvalue weighted by Crippen LogP contribution is -2.22. The Morgan fingerprint density at radius 1 is 1.36 bits per heavy atom. The Morgan fingerprint density at radius 2 is 2.08 bits per heavy atom. The van der Waals surface area contributed by atoms with E-state index in [1.54, 1.807) is 26.0 Å². The van der Waals surface area contributed by atoms with Gasteiger partial charge in [0.05, 0.1) is 18.2 Å². The Morgan fingerprint density at radius 3 is 2.72 bits per heavy atom. The zero-order valence-corrected chi connectivity index (χ0v) is 13.9. The van der Waals surface area contributed by atoms with Crippen molar-refractivity contribution < 1.29 is 9.53 Å². The molecule has 2 heterocycles. The molecule has 126 valence electrons. The second-order valence-corrected chi connectivity index (χ2v) is 5.53. The van der Waals surface area contributed by atoms with Gasteiger partial charge in [0, 0.05) is 23.9 Å². The normalized spacial score (nSPS) is 10.6. The number of carbonyl (C=O) groups is 1. The average molecular weight is 336 g/mol. The van der Waals surface area contributed by atoms with Crippen LogP contribution in [-0.2, 0) is 11.2 Å². The topological polar surface area (TPSA) is 100 Å². The molecule has 2 aromatic heterocycles. The molecule has 1 N–H and O–H groups in total. The average Bonchev–Trinajstić information content (AvgIpc) is 3.03. The van der Waals surface area contributed by atoms with Crippen LogP contribution in [0.3, 0.4) is 0 Å². The first-order chi connectivity index (χ1) is 12.0. The van der Waals surface area contributed by atoms with Crippen LogP contribution in [0.4, 0.5) is 0 Å². The van der Waals surface area contributed by atoms with E-state index in [-0.39, 0.29) is 23.4 Å². The number of fused-ring (bicyclic) bond motifs is 1. The van der Waals surface area contributed by atoms with Crippen molar-refractivity contribution in [2.45, 2.75) is 20.3 Å². The van der Waals surface area contributed by atoms with E-state index in [9.17, 15) is 9.59 Å². The zero-order valence-electron chi connectivity index (χ0n) is 13.9. The molecule has 0 radical (unpaired) electrons. The molecule has 0 atom stereocenters. The number of aromatic nitrogens is 3. The van der Waals surface area contributed by atoms with Crippen molar-refractivity contribution >= 4 is 11.6 Å². The summed E-state index contributed by atoms with van der Waals surface area (Å²) in [6, 6.07) is 9.10. The molecule has 3 rings (SSSR count). The van der Waals surface area contributed by atoms with Crippen LogP contribution in [0, 0.1) is 18.3 Å². The molecular weight excluding hydrogens is 320 g/mol. The van der Waals surface area contributed by atoms with E-state index in [0.717, 1.165) is 5.56 Å².